The lowest BCUT2D eigenvalue weighted by Gasteiger charge is -2.38. The highest BCUT2D eigenvalue weighted by Gasteiger charge is 2.43. The van der Waals surface area contributed by atoms with Crippen molar-refractivity contribution in [2.45, 2.75) is 43.7 Å². The van der Waals surface area contributed by atoms with Gasteiger partial charge in [0.1, 0.15) is 0 Å². The molecule has 3 rings (SSSR count). The van der Waals surface area contributed by atoms with Crippen LogP contribution in [0.3, 0.4) is 0 Å². The molecule has 3 unspecified atom stereocenters. The van der Waals surface area contributed by atoms with Crippen molar-refractivity contribution < 1.29 is 9.53 Å². The molecule has 2 heterocycles. The van der Waals surface area contributed by atoms with E-state index in [1.54, 1.807) is 0 Å². The summed E-state index contributed by atoms with van der Waals surface area (Å²) in [5.41, 5.74) is 0.0116. The Morgan fingerprint density at radius 1 is 1.31 bits per heavy atom. The summed E-state index contributed by atoms with van der Waals surface area (Å²) < 4.78 is 5.59. The molecule has 3 atom stereocenters. The van der Waals surface area contributed by atoms with Crippen LogP contribution >= 0.6 is 0 Å². The Morgan fingerprint density at radius 3 is 3.06 bits per heavy atom. The van der Waals surface area contributed by atoms with Crippen molar-refractivity contribution in [1.29, 1.82) is 0 Å². The molecule has 90 valence electrons. The van der Waals surface area contributed by atoms with Crippen LogP contribution < -0.4 is 10.6 Å². The number of fused-ring (bicyclic) bond motifs is 1. The third-order valence-corrected chi connectivity index (χ3v) is 4.27. The second-order valence-corrected chi connectivity index (χ2v) is 5.44. The van der Waals surface area contributed by atoms with Crippen molar-refractivity contribution in [3.05, 3.63) is 0 Å². The van der Waals surface area contributed by atoms with Gasteiger partial charge in [0.25, 0.3) is 0 Å². The summed E-state index contributed by atoms with van der Waals surface area (Å²) in [5.74, 6) is 0.443. The second-order valence-electron chi connectivity index (χ2n) is 5.44. The molecule has 1 saturated carbocycles. The van der Waals surface area contributed by atoms with E-state index in [4.69, 9.17) is 4.74 Å². The van der Waals surface area contributed by atoms with Gasteiger partial charge in [0, 0.05) is 19.2 Å². The van der Waals surface area contributed by atoms with Gasteiger partial charge in [0.05, 0.1) is 18.1 Å². The summed E-state index contributed by atoms with van der Waals surface area (Å²) in [6, 6.07) is 0.379. The Balaban J connectivity index is 1.79. The Kier molecular flexibility index (Phi) is 2.64. The van der Waals surface area contributed by atoms with Gasteiger partial charge in [0.2, 0.25) is 5.91 Å². The smallest absolute Gasteiger partial charge is 0.224 e. The minimum Gasteiger partial charge on any atom is -0.379 e. The molecule has 1 amide bonds. The van der Waals surface area contributed by atoms with Crippen LogP contribution in [0.5, 0.6) is 0 Å². The van der Waals surface area contributed by atoms with Crippen molar-refractivity contribution in [3.8, 4) is 0 Å². The normalized spacial score (nSPS) is 43.9. The quantitative estimate of drug-likeness (QED) is 0.627. The lowest BCUT2D eigenvalue weighted by Crippen LogP contribution is -2.58. The van der Waals surface area contributed by atoms with E-state index in [1.807, 2.05) is 0 Å². The van der Waals surface area contributed by atoms with Crippen molar-refractivity contribution in [2.75, 3.05) is 19.8 Å². The maximum absolute atomic E-state index is 11.9. The largest absolute Gasteiger partial charge is 0.379 e. The Labute approximate surface area is 96.1 Å². The van der Waals surface area contributed by atoms with Gasteiger partial charge in [-0.25, -0.2) is 0 Å². The van der Waals surface area contributed by atoms with Crippen LogP contribution in [0, 0.1) is 5.92 Å². The van der Waals surface area contributed by atoms with Gasteiger partial charge < -0.3 is 15.4 Å². The molecular weight excluding hydrogens is 204 g/mol. The molecule has 16 heavy (non-hydrogen) atoms. The zero-order valence-electron chi connectivity index (χ0n) is 9.63. The molecule has 0 aromatic heterocycles. The topological polar surface area (TPSA) is 50.4 Å². The van der Waals surface area contributed by atoms with E-state index in [1.165, 1.54) is 6.42 Å². The monoisotopic (exact) mass is 224 g/mol. The molecular formula is C12H20N2O2. The summed E-state index contributed by atoms with van der Waals surface area (Å²) in [6.07, 6.45) is 5.57. The number of amides is 1. The van der Waals surface area contributed by atoms with E-state index in [-0.39, 0.29) is 17.4 Å². The predicted molar refractivity (Wildman–Crippen MR) is 60.1 cm³/mol. The molecule has 2 aliphatic heterocycles. The van der Waals surface area contributed by atoms with Gasteiger partial charge in [-0.1, -0.05) is 6.42 Å². The van der Waals surface area contributed by atoms with Gasteiger partial charge >= 0.3 is 0 Å². The fourth-order valence-corrected chi connectivity index (χ4v) is 3.38. The van der Waals surface area contributed by atoms with Crippen LogP contribution in [-0.4, -0.2) is 37.2 Å². The first kappa shape index (κ1) is 10.5. The highest BCUT2D eigenvalue weighted by molar-refractivity contribution is 5.80. The Hall–Kier alpha value is -0.610. The first-order chi connectivity index (χ1) is 7.79. The van der Waals surface area contributed by atoms with Crippen LogP contribution in [-0.2, 0) is 9.53 Å². The molecule has 3 fully saturated rings. The standard InChI is InChI=1S/C12H20N2O2/c15-11-9-3-1-4-10(9)14-12(7-13-11)5-2-6-16-8-12/h9-10,14H,1-8H2,(H,13,15). The highest BCUT2D eigenvalue weighted by Crippen LogP contribution is 2.31. The number of hydrogen-bond donors (Lipinski definition) is 2. The third kappa shape index (κ3) is 1.74. The number of hydrogen-bond acceptors (Lipinski definition) is 3. The zero-order valence-corrected chi connectivity index (χ0v) is 9.63. The van der Waals surface area contributed by atoms with E-state index in [0.29, 0.717) is 6.04 Å². The molecule has 0 aromatic rings. The van der Waals surface area contributed by atoms with Crippen molar-refractivity contribution in [3.63, 3.8) is 0 Å². The van der Waals surface area contributed by atoms with Crippen LogP contribution in [0.25, 0.3) is 0 Å². The van der Waals surface area contributed by atoms with E-state index < -0.39 is 0 Å². The average Bonchev–Trinajstić information content (AvgIpc) is 2.71. The first-order valence-corrected chi connectivity index (χ1v) is 6.42. The molecule has 2 saturated heterocycles. The molecule has 4 nitrogen and oxygen atoms in total. The van der Waals surface area contributed by atoms with Crippen molar-refractivity contribution in [1.82, 2.24) is 10.6 Å². The lowest BCUT2D eigenvalue weighted by atomic mass is 9.91. The van der Waals surface area contributed by atoms with E-state index >= 15 is 0 Å². The number of ether oxygens (including phenoxy) is 1. The summed E-state index contributed by atoms with van der Waals surface area (Å²) in [4.78, 5) is 11.9. The molecule has 0 aromatic carbocycles. The van der Waals surface area contributed by atoms with E-state index in [0.717, 1.165) is 45.4 Å². The summed E-state index contributed by atoms with van der Waals surface area (Å²) in [7, 11) is 0. The number of nitrogens with one attached hydrogen (secondary N) is 2. The molecule has 1 aliphatic carbocycles. The van der Waals surface area contributed by atoms with Gasteiger partial charge in [-0.05, 0) is 25.7 Å². The molecule has 0 bridgehead atoms. The second kappa shape index (κ2) is 4.00. The fourth-order valence-electron chi connectivity index (χ4n) is 3.38. The van der Waals surface area contributed by atoms with Gasteiger partial charge in [-0.3, -0.25) is 4.79 Å². The van der Waals surface area contributed by atoms with Gasteiger partial charge in [-0.15, -0.1) is 0 Å². The van der Waals surface area contributed by atoms with Crippen LogP contribution in [0.15, 0.2) is 0 Å². The lowest BCUT2D eigenvalue weighted by molar-refractivity contribution is -0.124. The summed E-state index contributed by atoms with van der Waals surface area (Å²) in [6.45, 7) is 2.35. The summed E-state index contributed by atoms with van der Waals surface area (Å²) >= 11 is 0. The SMILES string of the molecule is O=C1NCC2(CCCOC2)NC2CCCC12. The first-order valence-electron chi connectivity index (χ1n) is 6.42. The van der Waals surface area contributed by atoms with Crippen molar-refractivity contribution >= 4 is 5.91 Å². The Bertz CT molecular complexity index is 287. The molecule has 4 heteroatoms. The summed E-state index contributed by atoms with van der Waals surface area (Å²) in [5, 5.41) is 6.81. The number of rotatable bonds is 0. The van der Waals surface area contributed by atoms with Crippen LogP contribution in [0.2, 0.25) is 0 Å². The van der Waals surface area contributed by atoms with Crippen molar-refractivity contribution in [2.24, 2.45) is 5.92 Å². The molecule has 3 aliphatic rings. The maximum Gasteiger partial charge on any atom is 0.224 e. The van der Waals surface area contributed by atoms with Crippen LogP contribution in [0.1, 0.15) is 32.1 Å². The maximum atomic E-state index is 11.9. The molecule has 2 N–H and O–H groups in total. The van der Waals surface area contributed by atoms with Crippen LogP contribution in [0.4, 0.5) is 0 Å². The Morgan fingerprint density at radius 2 is 2.25 bits per heavy atom. The van der Waals surface area contributed by atoms with Gasteiger partial charge in [0.15, 0.2) is 0 Å². The molecule has 0 radical (unpaired) electrons. The molecule has 1 spiro atoms. The minimum absolute atomic E-state index is 0.0116. The number of carbonyl (C=O) groups excluding carboxylic acids is 1. The predicted octanol–water partition coefficient (Wildman–Crippen LogP) is 0.424. The van der Waals surface area contributed by atoms with Gasteiger partial charge in [-0.2, -0.15) is 0 Å². The average molecular weight is 224 g/mol. The fraction of sp³-hybridized carbons (Fsp3) is 0.917. The van der Waals surface area contributed by atoms with E-state index in [9.17, 15) is 4.79 Å². The highest BCUT2D eigenvalue weighted by atomic mass is 16.5. The zero-order chi connectivity index (χ0) is 11.0. The minimum atomic E-state index is 0.0116. The van der Waals surface area contributed by atoms with E-state index in [2.05, 4.69) is 10.6 Å². The number of carbonyl (C=O) groups is 1. The third-order valence-electron chi connectivity index (χ3n) is 4.27.